The minimum absolute atomic E-state index is 0.170. The average Bonchev–Trinajstić information content (AvgIpc) is 2.66. The molecule has 0 aromatic heterocycles. The molecule has 2 amide bonds. The maximum Gasteiger partial charge on any atom is 0.329 e. The molecule has 2 rings (SSSR count). The van der Waals surface area contributed by atoms with Crippen LogP contribution < -0.4 is 10.6 Å². The van der Waals surface area contributed by atoms with Crippen LogP contribution in [0.15, 0.2) is 36.4 Å². The molecule has 0 saturated carbocycles. The first kappa shape index (κ1) is 25.2. The molecule has 30 heavy (non-hydrogen) atoms. The number of anilines is 1. The number of nitrogens with one attached hydrogen (secondary N) is 2. The smallest absolute Gasteiger partial charge is 0.329 e. The highest BCUT2D eigenvalue weighted by molar-refractivity contribution is 14.1. The minimum atomic E-state index is -1.02. The summed E-state index contributed by atoms with van der Waals surface area (Å²) in [5.74, 6) is -3.00. The van der Waals surface area contributed by atoms with Gasteiger partial charge in [0.2, 0.25) is 0 Å². The number of carbonyl (C=O) groups is 3. The summed E-state index contributed by atoms with van der Waals surface area (Å²) < 4.78 is 21.7. The van der Waals surface area contributed by atoms with E-state index in [1.807, 2.05) is 12.1 Å². The molecule has 160 valence electrons. The van der Waals surface area contributed by atoms with Gasteiger partial charge in [-0.2, -0.15) is 0 Å². The number of halogens is 4. The van der Waals surface area contributed by atoms with E-state index in [-0.39, 0.29) is 11.5 Å². The van der Waals surface area contributed by atoms with E-state index in [0.29, 0.717) is 5.69 Å². The summed E-state index contributed by atoms with van der Waals surface area (Å²) in [5.41, 5.74) is 0.475. The molecule has 0 radical (unpaired) electrons. The monoisotopic (exact) mass is 750 g/mol. The van der Waals surface area contributed by atoms with Crippen LogP contribution in [0.2, 0.25) is 0 Å². The summed E-state index contributed by atoms with van der Waals surface area (Å²) in [6.45, 7) is 2.92. The molecule has 6 nitrogen and oxygen atoms in total. The molecule has 10 heteroatoms. The van der Waals surface area contributed by atoms with Crippen LogP contribution in [-0.4, -0.2) is 30.4 Å². The van der Waals surface area contributed by atoms with Crippen LogP contribution in [0.25, 0.3) is 0 Å². The first-order valence-electron chi connectivity index (χ1n) is 8.76. The third kappa shape index (κ3) is 7.00. The Kier molecular flexibility index (Phi) is 9.71. The number of esters is 1. The summed E-state index contributed by atoms with van der Waals surface area (Å²) in [5, 5.41) is 5.21. The fourth-order valence-corrected chi connectivity index (χ4v) is 6.28. The third-order valence-electron chi connectivity index (χ3n) is 3.94. The molecule has 0 spiro atoms. The van der Waals surface area contributed by atoms with Gasteiger partial charge in [0.05, 0.1) is 11.3 Å². The van der Waals surface area contributed by atoms with Crippen molar-refractivity contribution < 1.29 is 23.5 Å². The zero-order chi connectivity index (χ0) is 22.4. The number of hydrogen-bond donors (Lipinski definition) is 2. The van der Waals surface area contributed by atoms with Crippen LogP contribution in [0.1, 0.15) is 24.2 Å². The fourth-order valence-electron chi connectivity index (χ4n) is 2.43. The molecular formula is C20H18FI3N2O4. The summed E-state index contributed by atoms with van der Waals surface area (Å²) >= 11 is 6.42. The first-order valence-corrected chi connectivity index (χ1v) is 12.0. The molecule has 2 aromatic rings. The first-order chi connectivity index (χ1) is 14.1. The molecule has 0 aliphatic heterocycles. The van der Waals surface area contributed by atoms with Crippen molar-refractivity contribution in [2.45, 2.75) is 19.9 Å². The van der Waals surface area contributed by atoms with Gasteiger partial charge in [0.1, 0.15) is 11.9 Å². The standard InChI is InChI=1S/C20H18FI3N2O4/c1-10(2)17(26-19(28)12-5-3-4-6-13(12)21)20(29)30-9-16(27)25-18-14(23)7-11(22)8-15(18)24/h3-8,10,17H,9H2,1-2H3,(H,25,27)(H,26,28)/t17-/m1/s1. The molecule has 0 aliphatic rings. The lowest BCUT2D eigenvalue weighted by Gasteiger charge is -2.21. The molecule has 2 aromatic carbocycles. The normalized spacial score (nSPS) is 11.7. The van der Waals surface area contributed by atoms with E-state index >= 15 is 0 Å². The second kappa shape index (κ2) is 11.5. The van der Waals surface area contributed by atoms with Crippen LogP contribution in [-0.2, 0) is 14.3 Å². The maximum atomic E-state index is 13.8. The second-order valence-corrected chi connectivity index (χ2v) is 10.1. The van der Waals surface area contributed by atoms with Crippen LogP contribution in [0.4, 0.5) is 10.1 Å². The fraction of sp³-hybridized carbons (Fsp3) is 0.250. The second-order valence-electron chi connectivity index (χ2n) is 6.58. The average molecular weight is 750 g/mol. The van der Waals surface area contributed by atoms with Crippen molar-refractivity contribution in [1.29, 1.82) is 0 Å². The number of ether oxygens (including phenoxy) is 1. The van der Waals surface area contributed by atoms with E-state index in [0.717, 1.165) is 16.8 Å². The highest BCUT2D eigenvalue weighted by Crippen LogP contribution is 2.27. The van der Waals surface area contributed by atoms with E-state index in [1.54, 1.807) is 13.8 Å². The van der Waals surface area contributed by atoms with Crippen LogP contribution in [0.3, 0.4) is 0 Å². The summed E-state index contributed by atoms with van der Waals surface area (Å²) in [4.78, 5) is 37.0. The maximum absolute atomic E-state index is 13.8. The molecule has 0 heterocycles. The van der Waals surface area contributed by atoms with Gasteiger partial charge < -0.3 is 15.4 Å². The van der Waals surface area contributed by atoms with Gasteiger partial charge in [0.25, 0.3) is 11.8 Å². The van der Waals surface area contributed by atoms with Gasteiger partial charge in [-0.15, -0.1) is 0 Å². The van der Waals surface area contributed by atoms with Gasteiger partial charge in [-0.1, -0.05) is 26.0 Å². The van der Waals surface area contributed by atoms with E-state index in [2.05, 4.69) is 78.4 Å². The lowest BCUT2D eigenvalue weighted by molar-refractivity contribution is -0.150. The largest absolute Gasteiger partial charge is 0.454 e. The molecule has 1 atom stereocenters. The highest BCUT2D eigenvalue weighted by Gasteiger charge is 2.27. The number of benzene rings is 2. The number of amides is 2. The summed E-state index contributed by atoms with van der Waals surface area (Å²) in [7, 11) is 0. The Morgan fingerprint density at radius 3 is 2.23 bits per heavy atom. The molecule has 0 fully saturated rings. The highest BCUT2D eigenvalue weighted by atomic mass is 127. The lowest BCUT2D eigenvalue weighted by atomic mass is 10.0. The summed E-state index contributed by atoms with van der Waals surface area (Å²) in [6, 6.07) is 8.28. The Labute approximate surface area is 214 Å². The topological polar surface area (TPSA) is 84.5 Å². The zero-order valence-corrected chi connectivity index (χ0v) is 22.4. The van der Waals surface area contributed by atoms with Gasteiger partial charge in [0, 0.05) is 10.7 Å². The van der Waals surface area contributed by atoms with Crippen molar-refractivity contribution in [3.05, 3.63) is 58.5 Å². The molecule has 2 N–H and O–H groups in total. The van der Waals surface area contributed by atoms with Crippen LogP contribution in [0.5, 0.6) is 0 Å². The Hall–Kier alpha value is -1.03. The van der Waals surface area contributed by atoms with Gasteiger partial charge in [0.15, 0.2) is 6.61 Å². The zero-order valence-electron chi connectivity index (χ0n) is 16.0. The lowest BCUT2D eigenvalue weighted by Crippen LogP contribution is -2.46. The summed E-state index contributed by atoms with van der Waals surface area (Å²) in [6.07, 6.45) is 0. The van der Waals surface area contributed by atoms with E-state index < -0.39 is 36.2 Å². The SMILES string of the molecule is CC(C)[C@@H](NC(=O)c1ccccc1F)C(=O)OCC(=O)Nc1c(I)cc(I)cc1I. The number of hydrogen-bond acceptors (Lipinski definition) is 4. The van der Waals surface area contributed by atoms with Crippen molar-refractivity contribution in [2.75, 3.05) is 11.9 Å². The Bertz CT molecular complexity index is 946. The number of rotatable bonds is 7. The van der Waals surface area contributed by atoms with Crippen LogP contribution in [0, 0.1) is 22.4 Å². The van der Waals surface area contributed by atoms with E-state index in [4.69, 9.17) is 4.74 Å². The minimum Gasteiger partial charge on any atom is -0.454 e. The van der Waals surface area contributed by atoms with Crippen molar-refractivity contribution in [3.8, 4) is 0 Å². The molecule has 0 bridgehead atoms. The molecule has 0 unspecified atom stereocenters. The van der Waals surface area contributed by atoms with Crippen LogP contribution >= 0.6 is 67.8 Å². The quantitative estimate of drug-likeness (QED) is 0.321. The molecular weight excluding hydrogens is 732 g/mol. The van der Waals surface area contributed by atoms with Gasteiger partial charge in [-0.25, -0.2) is 9.18 Å². The third-order valence-corrected chi connectivity index (χ3v) is 6.27. The Morgan fingerprint density at radius 2 is 1.67 bits per heavy atom. The van der Waals surface area contributed by atoms with Gasteiger partial charge >= 0.3 is 5.97 Å². The van der Waals surface area contributed by atoms with Gasteiger partial charge in [-0.3, -0.25) is 9.59 Å². The Balaban J connectivity index is 1.99. The van der Waals surface area contributed by atoms with Crippen molar-refractivity contribution in [3.63, 3.8) is 0 Å². The van der Waals surface area contributed by atoms with Gasteiger partial charge in [-0.05, 0) is 98.0 Å². The predicted octanol–water partition coefficient (Wildman–Crippen LogP) is 4.58. The van der Waals surface area contributed by atoms with Crippen molar-refractivity contribution in [2.24, 2.45) is 5.92 Å². The molecule has 0 saturated heterocycles. The van der Waals surface area contributed by atoms with Crippen molar-refractivity contribution in [1.82, 2.24) is 5.32 Å². The predicted molar refractivity (Wildman–Crippen MR) is 137 cm³/mol. The van der Waals surface area contributed by atoms with E-state index in [1.165, 1.54) is 18.2 Å². The Morgan fingerprint density at radius 1 is 1.07 bits per heavy atom. The van der Waals surface area contributed by atoms with Crippen molar-refractivity contribution >= 4 is 91.2 Å². The van der Waals surface area contributed by atoms with E-state index in [9.17, 15) is 18.8 Å². The number of carbonyl (C=O) groups excluding carboxylic acids is 3. The molecule has 0 aliphatic carbocycles.